The number of nitrogens with zero attached hydrogens (tertiary/aromatic N) is 1. The lowest BCUT2D eigenvalue weighted by Gasteiger charge is -2.23. The Morgan fingerprint density at radius 1 is 1.15 bits per heavy atom. The molecule has 0 saturated heterocycles. The van der Waals surface area contributed by atoms with Crippen LogP contribution in [0.15, 0.2) is 48.5 Å². The van der Waals surface area contributed by atoms with Crippen molar-refractivity contribution in [2.75, 3.05) is 11.4 Å². The van der Waals surface area contributed by atoms with E-state index in [-0.39, 0.29) is 18.3 Å². The molecule has 104 valence electrons. The van der Waals surface area contributed by atoms with E-state index in [0.717, 1.165) is 11.1 Å². The molecule has 0 fully saturated rings. The number of hydrogen-bond acceptors (Lipinski definition) is 2. The van der Waals surface area contributed by atoms with E-state index in [1.54, 1.807) is 17.0 Å². The smallest absolute Gasteiger partial charge is 0.241 e. The van der Waals surface area contributed by atoms with Gasteiger partial charge in [-0.05, 0) is 42.3 Å². The van der Waals surface area contributed by atoms with Crippen molar-refractivity contribution < 1.29 is 9.18 Å². The van der Waals surface area contributed by atoms with Gasteiger partial charge in [-0.3, -0.25) is 4.79 Å². The number of hydrogen-bond donors (Lipinski definition) is 1. The fourth-order valence-corrected chi connectivity index (χ4v) is 2.01. The highest BCUT2D eigenvalue weighted by molar-refractivity contribution is 5.94. The molecule has 2 aromatic rings. The van der Waals surface area contributed by atoms with Gasteiger partial charge in [0.15, 0.2) is 0 Å². The van der Waals surface area contributed by atoms with Gasteiger partial charge in [0.2, 0.25) is 5.91 Å². The molecule has 0 aliphatic rings. The summed E-state index contributed by atoms with van der Waals surface area (Å²) in [5, 5.41) is 0. The zero-order valence-corrected chi connectivity index (χ0v) is 11.3. The minimum Gasteiger partial charge on any atom is -0.322 e. The second-order valence-electron chi connectivity index (χ2n) is 4.59. The topological polar surface area (TPSA) is 46.3 Å². The molecule has 2 N–H and O–H groups in total. The second-order valence-corrected chi connectivity index (χ2v) is 4.59. The number of benzene rings is 2. The lowest BCUT2D eigenvalue weighted by molar-refractivity contribution is -0.117. The van der Waals surface area contributed by atoms with Crippen LogP contribution in [0.25, 0.3) is 0 Å². The van der Waals surface area contributed by atoms with Crippen molar-refractivity contribution in [3.05, 3.63) is 65.5 Å². The number of anilines is 1. The summed E-state index contributed by atoms with van der Waals surface area (Å²) in [5.41, 5.74) is 8.25. The molecule has 3 nitrogen and oxygen atoms in total. The van der Waals surface area contributed by atoms with Crippen molar-refractivity contribution in [2.45, 2.75) is 13.5 Å². The van der Waals surface area contributed by atoms with E-state index in [9.17, 15) is 9.18 Å². The van der Waals surface area contributed by atoms with Gasteiger partial charge >= 0.3 is 0 Å². The highest BCUT2D eigenvalue weighted by atomic mass is 19.1. The number of aryl methyl sites for hydroxylation is 1. The molecule has 0 radical (unpaired) electrons. The number of nitrogens with two attached hydrogens (primary N) is 1. The zero-order chi connectivity index (χ0) is 14.5. The molecule has 0 unspecified atom stereocenters. The van der Waals surface area contributed by atoms with E-state index in [4.69, 9.17) is 5.73 Å². The number of rotatable bonds is 4. The number of amides is 1. The van der Waals surface area contributed by atoms with Gasteiger partial charge in [-0.15, -0.1) is 0 Å². The van der Waals surface area contributed by atoms with Gasteiger partial charge in [-0.2, -0.15) is 0 Å². The summed E-state index contributed by atoms with van der Waals surface area (Å²) in [6.07, 6.45) is 0. The molecule has 2 rings (SSSR count). The average Bonchev–Trinajstić information content (AvgIpc) is 2.47. The van der Waals surface area contributed by atoms with Gasteiger partial charge in [-0.1, -0.05) is 24.3 Å². The third-order valence-electron chi connectivity index (χ3n) is 3.20. The predicted molar refractivity (Wildman–Crippen MR) is 77.8 cm³/mol. The minimum atomic E-state index is -0.329. The first-order valence-electron chi connectivity index (χ1n) is 6.42. The fourth-order valence-electron chi connectivity index (χ4n) is 2.01. The van der Waals surface area contributed by atoms with Gasteiger partial charge in [0.1, 0.15) is 5.82 Å². The van der Waals surface area contributed by atoms with E-state index in [2.05, 4.69) is 0 Å². The predicted octanol–water partition coefficient (Wildman–Crippen LogP) is 2.63. The molecule has 2 aromatic carbocycles. The lowest BCUT2D eigenvalue weighted by atomic mass is 10.1. The monoisotopic (exact) mass is 272 g/mol. The maximum absolute atomic E-state index is 13.0. The SMILES string of the molecule is Cc1ccccc1CN(C(=O)CN)c1ccc(F)cc1. The standard InChI is InChI=1S/C16H17FN2O/c1-12-4-2-3-5-13(12)11-19(16(20)10-18)15-8-6-14(17)7-9-15/h2-9H,10-11,18H2,1H3. The first-order chi connectivity index (χ1) is 9.61. The van der Waals surface area contributed by atoms with Crippen LogP contribution in [-0.2, 0) is 11.3 Å². The van der Waals surface area contributed by atoms with E-state index in [1.165, 1.54) is 12.1 Å². The van der Waals surface area contributed by atoms with Crippen molar-refractivity contribution in [1.29, 1.82) is 0 Å². The van der Waals surface area contributed by atoms with Crippen LogP contribution in [0.2, 0.25) is 0 Å². The summed E-state index contributed by atoms with van der Waals surface area (Å²) in [7, 11) is 0. The third kappa shape index (κ3) is 3.22. The van der Waals surface area contributed by atoms with Gasteiger partial charge in [0.25, 0.3) is 0 Å². The largest absolute Gasteiger partial charge is 0.322 e. The summed E-state index contributed by atoms with van der Waals surface area (Å²) in [4.78, 5) is 13.6. The third-order valence-corrected chi connectivity index (χ3v) is 3.20. The maximum Gasteiger partial charge on any atom is 0.241 e. The molecule has 20 heavy (non-hydrogen) atoms. The molecule has 0 aromatic heterocycles. The van der Waals surface area contributed by atoms with Crippen molar-refractivity contribution in [2.24, 2.45) is 5.73 Å². The van der Waals surface area contributed by atoms with Gasteiger partial charge in [-0.25, -0.2) is 4.39 Å². The number of carbonyl (C=O) groups excluding carboxylic acids is 1. The summed E-state index contributed by atoms with van der Waals surface area (Å²) >= 11 is 0. The molecule has 0 saturated carbocycles. The Balaban J connectivity index is 2.31. The van der Waals surface area contributed by atoms with Gasteiger partial charge in [0, 0.05) is 5.69 Å². The van der Waals surface area contributed by atoms with E-state index < -0.39 is 0 Å². The Bertz CT molecular complexity index is 596. The van der Waals surface area contributed by atoms with Crippen LogP contribution >= 0.6 is 0 Å². The summed E-state index contributed by atoms with van der Waals surface area (Å²) in [6.45, 7) is 2.34. The van der Waals surface area contributed by atoms with E-state index in [1.807, 2.05) is 31.2 Å². The lowest BCUT2D eigenvalue weighted by Crippen LogP contribution is -2.35. The molecule has 0 heterocycles. The molecule has 0 spiro atoms. The summed E-state index contributed by atoms with van der Waals surface area (Å²) < 4.78 is 13.0. The van der Waals surface area contributed by atoms with Crippen LogP contribution in [-0.4, -0.2) is 12.5 Å². The van der Waals surface area contributed by atoms with Crippen LogP contribution in [0.4, 0.5) is 10.1 Å². The van der Waals surface area contributed by atoms with Crippen LogP contribution in [0.3, 0.4) is 0 Å². The Kier molecular flexibility index (Phi) is 4.48. The van der Waals surface area contributed by atoms with Crippen molar-refractivity contribution in [3.8, 4) is 0 Å². The van der Waals surface area contributed by atoms with Crippen LogP contribution in [0.5, 0.6) is 0 Å². The minimum absolute atomic E-state index is 0.0801. The highest BCUT2D eigenvalue weighted by Crippen LogP contribution is 2.19. The Morgan fingerprint density at radius 2 is 1.80 bits per heavy atom. The van der Waals surface area contributed by atoms with Crippen molar-refractivity contribution in [3.63, 3.8) is 0 Å². The molecule has 0 bridgehead atoms. The number of halogens is 1. The quantitative estimate of drug-likeness (QED) is 0.930. The van der Waals surface area contributed by atoms with E-state index in [0.29, 0.717) is 12.2 Å². The van der Waals surface area contributed by atoms with Gasteiger partial charge < -0.3 is 10.6 Å². The van der Waals surface area contributed by atoms with Gasteiger partial charge in [0.05, 0.1) is 13.1 Å². The summed E-state index contributed by atoms with van der Waals surface area (Å²) in [5.74, 6) is -0.523. The Morgan fingerprint density at radius 3 is 2.40 bits per heavy atom. The Labute approximate surface area is 117 Å². The molecule has 0 aliphatic carbocycles. The van der Waals surface area contributed by atoms with Crippen LogP contribution < -0.4 is 10.6 Å². The molecular formula is C16H17FN2O. The maximum atomic E-state index is 13.0. The zero-order valence-electron chi connectivity index (χ0n) is 11.3. The second kappa shape index (κ2) is 6.30. The van der Waals surface area contributed by atoms with E-state index >= 15 is 0 Å². The van der Waals surface area contributed by atoms with Crippen LogP contribution in [0, 0.1) is 12.7 Å². The highest BCUT2D eigenvalue weighted by Gasteiger charge is 2.15. The number of carbonyl (C=O) groups is 1. The van der Waals surface area contributed by atoms with Crippen molar-refractivity contribution in [1.82, 2.24) is 0 Å². The first-order valence-corrected chi connectivity index (χ1v) is 6.42. The molecule has 4 heteroatoms. The molecular weight excluding hydrogens is 255 g/mol. The summed E-state index contributed by atoms with van der Waals surface area (Å²) in [6, 6.07) is 13.7. The van der Waals surface area contributed by atoms with Crippen molar-refractivity contribution >= 4 is 11.6 Å². The first kappa shape index (κ1) is 14.2. The normalized spacial score (nSPS) is 10.3. The van der Waals surface area contributed by atoms with Crippen LogP contribution in [0.1, 0.15) is 11.1 Å². The molecule has 1 amide bonds. The Hall–Kier alpha value is -2.20. The molecule has 0 aliphatic heterocycles. The molecule has 0 atom stereocenters. The average molecular weight is 272 g/mol. The fraction of sp³-hybridized carbons (Fsp3) is 0.188.